The molecule has 0 aromatic carbocycles. The highest BCUT2D eigenvalue weighted by atomic mass is 16.5. The monoisotopic (exact) mass is 356 g/mol. The van der Waals surface area contributed by atoms with E-state index in [9.17, 15) is 9.59 Å². The van der Waals surface area contributed by atoms with E-state index in [1.54, 1.807) is 0 Å². The quantitative estimate of drug-likeness (QED) is 0.511. The first-order valence-corrected chi connectivity index (χ1v) is 9.69. The van der Waals surface area contributed by atoms with E-state index < -0.39 is 11.8 Å². The van der Waals surface area contributed by atoms with Gasteiger partial charge < -0.3 is 9.47 Å². The molecule has 0 aromatic heterocycles. The number of hydrogen-bond acceptors (Lipinski definition) is 4. The number of rotatable bonds is 10. The molecule has 0 rings (SSSR count). The third-order valence-electron chi connectivity index (χ3n) is 4.06. The van der Waals surface area contributed by atoms with E-state index >= 15 is 0 Å². The lowest BCUT2D eigenvalue weighted by atomic mass is 9.71. The largest absolute Gasteiger partial charge is 0.465 e. The van der Waals surface area contributed by atoms with Gasteiger partial charge in [-0.3, -0.25) is 9.59 Å². The van der Waals surface area contributed by atoms with Gasteiger partial charge in [-0.15, -0.1) is 0 Å². The Kier molecular flexibility index (Phi) is 10.4. The highest BCUT2D eigenvalue weighted by Gasteiger charge is 2.43. The van der Waals surface area contributed by atoms with E-state index in [-0.39, 0.29) is 29.2 Å². The first-order chi connectivity index (χ1) is 11.4. The number of ether oxygens (including phenoxy) is 2. The van der Waals surface area contributed by atoms with Gasteiger partial charge in [0.15, 0.2) is 0 Å². The second-order valence-corrected chi connectivity index (χ2v) is 9.47. The molecule has 0 aliphatic rings. The van der Waals surface area contributed by atoms with Crippen LogP contribution in [-0.2, 0) is 19.1 Å². The minimum atomic E-state index is -0.496. The molecule has 0 N–H and O–H groups in total. The predicted molar refractivity (Wildman–Crippen MR) is 102 cm³/mol. The molecule has 25 heavy (non-hydrogen) atoms. The summed E-state index contributed by atoms with van der Waals surface area (Å²) in [4.78, 5) is 25.6. The Hall–Kier alpha value is -1.06. The van der Waals surface area contributed by atoms with Gasteiger partial charge in [-0.25, -0.2) is 0 Å². The standard InChI is InChI=1S/C21H40O4/c1-14(2)10-11-17(19(22)24-12-15(3)4)18(21(7,8)9)20(23)25-13-16(5)6/h14-18H,10-13H2,1-9H3. The summed E-state index contributed by atoms with van der Waals surface area (Å²) >= 11 is 0. The summed E-state index contributed by atoms with van der Waals surface area (Å²) in [6.07, 6.45) is 1.53. The minimum Gasteiger partial charge on any atom is -0.465 e. The first-order valence-electron chi connectivity index (χ1n) is 9.69. The van der Waals surface area contributed by atoms with Crippen LogP contribution in [0.1, 0.15) is 75.2 Å². The Balaban J connectivity index is 5.42. The Morgan fingerprint density at radius 3 is 1.52 bits per heavy atom. The molecule has 2 unspecified atom stereocenters. The average molecular weight is 357 g/mol. The topological polar surface area (TPSA) is 52.6 Å². The van der Waals surface area contributed by atoms with Gasteiger partial charge in [0.25, 0.3) is 0 Å². The van der Waals surface area contributed by atoms with Crippen molar-refractivity contribution in [3.05, 3.63) is 0 Å². The van der Waals surface area contributed by atoms with Gasteiger partial charge in [0.05, 0.1) is 25.0 Å². The average Bonchev–Trinajstić information content (AvgIpc) is 2.44. The van der Waals surface area contributed by atoms with Crippen LogP contribution in [0.15, 0.2) is 0 Å². The zero-order chi connectivity index (χ0) is 19.8. The molecule has 0 fully saturated rings. The van der Waals surface area contributed by atoms with Gasteiger partial charge in [-0.05, 0) is 29.6 Å². The fourth-order valence-electron chi connectivity index (χ4n) is 2.75. The second kappa shape index (κ2) is 10.8. The summed E-state index contributed by atoms with van der Waals surface area (Å²) in [6, 6.07) is 0. The van der Waals surface area contributed by atoms with Crippen molar-refractivity contribution >= 4 is 11.9 Å². The number of carbonyl (C=O) groups is 2. The minimum absolute atomic E-state index is 0.268. The summed E-state index contributed by atoms with van der Waals surface area (Å²) in [5.41, 5.74) is -0.368. The highest BCUT2D eigenvalue weighted by molar-refractivity contribution is 5.82. The van der Waals surface area contributed by atoms with Gasteiger partial charge in [0.1, 0.15) is 0 Å². The fraction of sp³-hybridized carbons (Fsp3) is 0.905. The Bertz CT molecular complexity index is 405. The smallest absolute Gasteiger partial charge is 0.310 e. The van der Waals surface area contributed by atoms with Gasteiger partial charge in [0.2, 0.25) is 0 Å². The van der Waals surface area contributed by atoms with Crippen LogP contribution < -0.4 is 0 Å². The molecule has 148 valence electrons. The van der Waals surface area contributed by atoms with Crippen molar-refractivity contribution in [2.75, 3.05) is 13.2 Å². The zero-order valence-electron chi connectivity index (χ0n) is 17.8. The van der Waals surface area contributed by atoms with Crippen LogP contribution in [0.2, 0.25) is 0 Å². The van der Waals surface area contributed by atoms with Crippen molar-refractivity contribution in [1.82, 2.24) is 0 Å². The van der Waals surface area contributed by atoms with Gasteiger partial charge >= 0.3 is 11.9 Å². The molecule has 0 aliphatic heterocycles. The van der Waals surface area contributed by atoms with E-state index in [1.165, 1.54) is 0 Å². The molecule has 0 amide bonds. The SMILES string of the molecule is CC(C)CCC(C(=O)OCC(C)C)C(C(=O)OCC(C)C)C(C)(C)C. The molecule has 0 spiro atoms. The molecule has 0 saturated carbocycles. The molecule has 0 bridgehead atoms. The third-order valence-corrected chi connectivity index (χ3v) is 4.06. The van der Waals surface area contributed by atoms with Crippen molar-refractivity contribution in [2.45, 2.75) is 75.2 Å². The summed E-state index contributed by atoms with van der Waals surface area (Å²) in [5.74, 6) is -0.493. The summed E-state index contributed by atoms with van der Waals surface area (Å²) in [5, 5.41) is 0. The van der Waals surface area contributed by atoms with Crippen molar-refractivity contribution in [3.8, 4) is 0 Å². The normalized spacial score (nSPS) is 14.7. The van der Waals surface area contributed by atoms with Crippen molar-refractivity contribution in [2.24, 2.45) is 35.0 Å². The first kappa shape index (κ1) is 23.9. The Morgan fingerprint density at radius 2 is 1.16 bits per heavy atom. The molecule has 4 nitrogen and oxygen atoms in total. The zero-order valence-corrected chi connectivity index (χ0v) is 17.8. The lowest BCUT2D eigenvalue weighted by Gasteiger charge is -2.34. The number of hydrogen-bond donors (Lipinski definition) is 0. The molecule has 0 saturated heterocycles. The van der Waals surface area contributed by atoms with Crippen LogP contribution in [0.4, 0.5) is 0 Å². The van der Waals surface area contributed by atoms with Crippen LogP contribution in [0.25, 0.3) is 0 Å². The van der Waals surface area contributed by atoms with E-state index in [0.717, 1.165) is 6.42 Å². The van der Waals surface area contributed by atoms with Crippen LogP contribution in [0, 0.1) is 35.0 Å². The van der Waals surface area contributed by atoms with E-state index in [0.29, 0.717) is 25.6 Å². The predicted octanol–water partition coefficient (Wildman–Crippen LogP) is 5.10. The lowest BCUT2D eigenvalue weighted by Crippen LogP contribution is -2.41. The third kappa shape index (κ3) is 9.86. The van der Waals surface area contributed by atoms with Crippen LogP contribution in [-0.4, -0.2) is 25.2 Å². The van der Waals surface area contributed by atoms with Gasteiger partial charge in [0, 0.05) is 0 Å². The summed E-state index contributed by atoms with van der Waals surface area (Å²) < 4.78 is 11.0. The van der Waals surface area contributed by atoms with E-state index in [2.05, 4.69) is 13.8 Å². The van der Waals surface area contributed by atoms with Crippen LogP contribution >= 0.6 is 0 Å². The van der Waals surface area contributed by atoms with Crippen LogP contribution in [0.3, 0.4) is 0 Å². The number of carbonyl (C=O) groups excluding carboxylic acids is 2. The molecule has 0 heterocycles. The molecule has 0 aromatic rings. The molecule has 2 atom stereocenters. The summed E-state index contributed by atoms with van der Waals surface area (Å²) in [6.45, 7) is 19.0. The lowest BCUT2D eigenvalue weighted by molar-refractivity contribution is -0.167. The molecule has 0 aliphatic carbocycles. The van der Waals surface area contributed by atoms with Crippen molar-refractivity contribution in [1.29, 1.82) is 0 Å². The van der Waals surface area contributed by atoms with Crippen molar-refractivity contribution < 1.29 is 19.1 Å². The highest BCUT2D eigenvalue weighted by Crippen LogP contribution is 2.37. The maximum absolute atomic E-state index is 12.8. The van der Waals surface area contributed by atoms with E-state index in [4.69, 9.17) is 9.47 Å². The molecular formula is C21H40O4. The van der Waals surface area contributed by atoms with Gasteiger partial charge in [-0.1, -0.05) is 68.7 Å². The van der Waals surface area contributed by atoms with Crippen molar-refractivity contribution in [3.63, 3.8) is 0 Å². The Morgan fingerprint density at radius 1 is 0.720 bits per heavy atom. The second-order valence-electron chi connectivity index (χ2n) is 9.47. The maximum atomic E-state index is 12.8. The van der Waals surface area contributed by atoms with Gasteiger partial charge in [-0.2, -0.15) is 0 Å². The van der Waals surface area contributed by atoms with E-state index in [1.807, 2.05) is 48.5 Å². The summed E-state index contributed by atoms with van der Waals surface area (Å²) in [7, 11) is 0. The molecule has 4 heteroatoms. The molecule has 0 radical (unpaired) electrons. The number of esters is 2. The molecular weight excluding hydrogens is 316 g/mol. The fourth-order valence-corrected chi connectivity index (χ4v) is 2.75. The van der Waals surface area contributed by atoms with Crippen LogP contribution in [0.5, 0.6) is 0 Å². The maximum Gasteiger partial charge on any atom is 0.310 e. The Labute approximate surface area is 155 Å².